The van der Waals surface area contributed by atoms with Crippen molar-refractivity contribution < 1.29 is 37.3 Å². The molecule has 0 heterocycles. The molecule has 10 heteroatoms. The number of hydrogen-bond acceptors (Lipinski definition) is 6. The van der Waals surface area contributed by atoms with Crippen LogP contribution in [0.1, 0.15) is 239 Å². The smallest absolute Gasteiger partial charge is 0.456 e. The molecule has 3 atom stereocenters. The van der Waals surface area contributed by atoms with Crippen molar-refractivity contribution in [3.8, 4) is 0 Å². The number of ether oxygens (including phenoxy) is 1. The van der Waals surface area contributed by atoms with Crippen molar-refractivity contribution in [2.24, 2.45) is 0 Å². The molecule has 1 amide bonds. The van der Waals surface area contributed by atoms with Crippen LogP contribution in [0.2, 0.25) is 0 Å². The van der Waals surface area contributed by atoms with Gasteiger partial charge in [0.1, 0.15) is 19.3 Å². The third-order valence-corrected chi connectivity index (χ3v) is 13.5. The summed E-state index contributed by atoms with van der Waals surface area (Å²) in [5.41, 5.74) is 0. The summed E-state index contributed by atoms with van der Waals surface area (Å²) < 4.78 is 30.6. The Bertz CT molecular complexity index is 1570. The molecule has 0 fully saturated rings. The first-order valence-corrected chi connectivity index (χ1v) is 31.1. The molecule has 0 rings (SSSR count). The van der Waals surface area contributed by atoms with Crippen LogP contribution in [0.4, 0.5) is 0 Å². The molecule has 2 N–H and O–H groups in total. The lowest BCUT2D eigenvalue weighted by atomic mass is 10.0. The number of hydrogen-bond donors (Lipinski definition) is 2. The number of nitrogens with zero attached hydrogens (tertiary/aromatic N) is 1. The van der Waals surface area contributed by atoms with Crippen molar-refractivity contribution in [1.29, 1.82) is 0 Å². The van der Waals surface area contributed by atoms with Crippen LogP contribution in [0.5, 0.6) is 0 Å². The van der Waals surface area contributed by atoms with Crippen LogP contribution in [0.25, 0.3) is 0 Å². The molecule has 420 valence electrons. The highest BCUT2D eigenvalue weighted by Gasteiger charge is 2.30. The number of phosphoric acid groups is 1. The predicted molar refractivity (Wildman–Crippen MR) is 314 cm³/mol. The average molecular weight is 1040 g/mol. The minimum atomic E-state index is -4.46. The Morgan fingerprint density at radius 2 is 0.877 bits per heavy atom. The number of unbranched alkanes of at least 4 members (excludes halogenated alkanes) is 22. The summed E-state index contributed by atoms with van der Waals surface area (Å²) in [5.74, 6) is -0.561. The standard InChI is InChI=1S/C63H111N2O7P/c1-7-10-13-16-19-22-25-28-30-32-33-34-36-38-41-44-47-50-53-56-63(67)72-61(54-51-48-45-42-39-27-24-21-18-15-12-9-3)60(59-71-73(68,69)70-58-57-65(4,5)6)64-62(66)55-52-49-46-43-40-37-35-31-29-26-23-20-17-14-11-8-2/h11,14,19-20,22-23,28-31,33-34,38,41,51,54,60-61H,7-10,12-13,15-18,21,24-27,32,35-37,39-40,42-50,52-53,55-59H2,1-6H3,(H-,64,66,68,69)/p+1/b14-11+,22-19-,23-20+,30-28-,31-29+,34-33-,41-38-,54-51+. The van der Waals surface area contributed by atoms with Crippen molar-refractivity contribution in [3.05, 3.63) is 97.2 Å². The number of nitrogens with one attached hydrogen (secondary N) is 1. The molecule has 73 heavy (non-hydrogen) atoms. The van der Waals surface area contributed by atoms with Crippen LogP contribution in [0, 0.1) is 0 Å². The Kier molecular flexibility index (Phi) is 50.2. The molecule has 0 radical (unpaired) electrons. The molecule has 0 aliphatic heterocycles. The summed E-state index contributed by atoms with van der Waals surface area (Å²) in [4.78, 5) is 37.6. The molecule has 0 saturated heterocycles. The Hall–Kier alpha value is -3.07. The van der Waals surface area contributed by atoms with Crippen molar-refractivity contribution in [2.45, 2.75) is 251 Å². The SMILES string of the molecule is CC/C=C/C/C=C/C/C=C/CCCCCCCCC(=O)NC(COP(=O)(O)OCC[N+](C)(C)C)C(/C=C/CCCCCCCCCCCC)OC(=O)CCCCC/C=C\C/C=C\C/C=C\C/C=C\CCCCC. The molecular weight excluding hydrogens is 928 g/mol. The number of carbonyl (C=O) groups excluding carboxylic acids is 2. The van der Waals surface area contributed by atoms with E-state index >= 15 is 0 Å². The summed E-state index contributed by atoms with van der Waals surface area (Å²) in [6, 6.07) is -0.873. The monoisotopic (exact) mass is 1040 g/mol. The predicted octanol–water partition coefficient (Wildman–Crippen LogP) is 18.0. The van der Waals surface area contributed by atoms with E-state index in [1.165, 1.54) is 77.0 Å². The third-order valence-electron chi connectivity index (χ3n) is 12.5. The zero-order chi connectivity index (χ0) is 53.6. The van der Waals surface area contributed by atoms with E-state index in [4.69, 9.17) is 13.8 Å². The van der Waals surface area contributed by atoms with E-state index in [9.17, 15) is 19.0 Å². The number of rotatable bonds is 52. The molecule has 3 unspecified atom stereocenters. The van der Waals surface area contributed by atoms with Crippen LogP contribution in [-0.2, 0) is 27.9 Å². The minimum absolute atomic E-state index is 0.0274. The lowest BCUT2D eigenvalue weighted by Gasteiger charge is -2.27. The van der Waals surface area contributed by atoms with Gasteiger partial charge in [-0.3, -0.25) is 18.6 Å². The fraction of sp³-hybridized carbons (Fsp3) is 0.714. The van der Waals surface area contributed by atoms with Gasteiger partial charge in [-0.2, -0.15) is 0 Å². The van der Waals surface area contributed by atoms with Crippen LogP contribution in [-0.4, -0.2) is 74.3 Å². The Balaban J connectivity index is 5.41. The second kappa shape index (κ2) is 52.4. The van der Waals surface area contributed by atoms with E-state index < -0.39 is 20.0 Å². The van der Waals surface area contributed by atoms with E-state index in [2.05, 4.69) is 111 Å². The van der Waals surface area contributed by atoms with Gasteiger partial charge in [0.25, 0.3) is 0 Å². The zero-order valence-corrected chi connectivity index (χ0v) is 48.7. The first-order chi connectivity index (χ1) is 35.4. The van der Waals surface area contributed by atoms with Gasteiger partial charge in [-0.1, -0.05) is 215 Å². The number of likely N-dealkylation sites (N-methyl/N-ethyl adjacent to an activating group) is 1. The van der Waals surface area contributed by atoms with E-state index in [1.807, 2.05) is 33.3 Å². The zero-order valence-electron chi connectivity index (χ0n) is 47.8. The van der Waals surface area contributed by atoms with Gasteiger partial charge in [0, 0.05) is 12.8 Å². The molecule has 0 aromatic heterocycles. The molecule has 0 aromatic carbocycles. The molecule has 0 spiro atoms. The number of phosphoric ester groups is 1. The van der Waals surface area contributed by atoms with Crippen LogP contribution in [0.3, 0.4) is 0 Å². The second-order valence-electron chi connectivity index (χ2n) is 20.8. The number of carbonyl (C=O) groups is 2. The molecule has 0 bridgehead atoms. The number of amides is 1. The van der Waals surface area contributed by atoms with Crippen molar-refractivity contribution in [1.82, 2.24) is 5.32 Å². The fourth-order valence-electron chi connectivity index (χ4n) is 7.94. The Labute approximate surface area is 449 Å². The van der Waals surface area contributed by atoms with Gasteiger partial charge >= 0.3 is 13.8 Å². The maximum Gasteiger partial charge on any atom is 0.472 e. The normalized spacial score (nSPS) is 14.5. The summed E-state index contributed by atoms with van der Waals surface area (Å²) in [7, 11) is 1.45. The van der Waals surface area contributed by atoms with E-state index in [-0.39, 0.29) is 31.5 Å². The van der Waals surface area contributed by atoms with Crippen molar-refractivity contribution in [2.75, 3.05) is 40.9 Å². The summed E-state index contributed by atoms with van der Waals surface area (Å²) in [6.45, 7) is 6.82. The molecule has 0 aliphatic rings. The molecule has 0 saturated carbocycles. The van der Waals surface area contributed by atoms with Crippen molar-refractivity contribution >= 4 is 19.7 Å². The van der Waals surface area contributed by atoms with Crippen LogP contribution >= 0.6 is 7.82 Å². The molecular formula is C63H112N2O7P+. The van der Waals surface area contributed by atoms with E-state index in [0.29, 0.717) is 23.9 Å². The van der Waals surface area contributed by atoms with Crippen LogP contribution < -0.4 is 5.32 Å². The lowest BCUT2D eigenvalue weighted by molar-refractivity contribution is -0.870. The lowest BCUT2D eigenvalue weighted by Crippen LogP contribution is -2.47. The highest BCUT2D eigenvalue weighted by Crippen LogP contribution is 2.43. The van der Waals surface area contributed by atoms with Gasteiger partial charge in [-0.15, -0.1) is 0 Å². The number of esters is 1. The molecule has 0 aromatic rings. The Morgan fingerprint density at radius 1 is 0.493 bits per heavy atom. The number of allylic oxidation sites excluding steroid dienone is 15. The maximum absolute atomic E-state index is 13.5. The summed E-state index contributed by atoms with van der Waals surface area (Å²) >= 11 is 0. The Morgan fingerprint density at radius 3 is 1.36 bits per heavy atom. The van der Waals surface area contributed by atoms with Gasteiger partial charge in [-0.05, 0) is 109 Å². The molecule has 9 nitrogen and oxygen atoms in total. The highest BCUT2D eigenvalue weighted by atomic mass is 31.2. The summed E-state index contributed by atoms with van der Waals surface area (Å²) in [5, 5.41) is 3.03. The maximum atomic E-state index is 13.5. The second-order valence-corrected chi connectivity index (χ2v) is 22.2. The van der Waals surface area contributed by atoms with Crippen molar-refractivity contribution in [3.63, 3.8) is 0 Å². The van der Waals surface area contributed by atoms with E-state index in [1.54, 1.807) is 0 Å². The quantitative estimate of drug-likeness (QED) is 0.0205. The minimum Gasteiger partial charge on any atom is -0.456 e. The van der Waals surface area contributed by atoms with Gasteiger partial charge in [0.2, 0.25) is 5.91 Å². The van der Waals surface area contributed by atoms with Gasteiger partial charge in [0.15, 0.2) is 0 Å². The highest BCUT2D eigenvalue weighted by molar-refractivity contribution is 7.47. The summed E-state index contributed by atoms with van der Waals surface area (Å²) in [6.07, 6.45) is 69.7. The van der Waals surface area contributed by atoms with Crippen LogP contribution in [0.15, 0.2) is 97.2 Å². The van der Waals surface area contributed by atoms with Gasteiger partial charge < -0.3 is 19.4 Å². The van der Waals surface area contributed by atoms with Gasteiger partial charge in [0.05, 0.1) is 33.8 Å². The number of quaternary nitrogens is 1. The first kappa shape index (κ1) is 69.9. The fourth-order valence-corrected chi connectivity index (χ4v) is 8.67. The first-order valence-electron chi connectivity index (χ1n) is 29.6. The largest absolute Gasteiger partial charge is 0.472 e. The third kappa shape index (κ3) is 53.6. The van der Waals surface area contributed by atoms with E-state index in [0.717, 1.165) is 122 Å². The average Bonchev–Trinajstić information content (AvgIpc) is 3.35. The topological polar surface area (TPSA) is 111 Å². The van der Waals surface area contributed by atoms with Gasteiger partial charge in [-0.25, -0.2) is 4.57 Å². The molecule has 0 aliphatic carbocycles.